The van der Waals surface area contributed by atoms with Gasteiger partial charge in [-0.05, 0) is 26.0 Å². The van der Waals surface area contributed by atoms with Crippen LogP contribution in [0.1, 0.15) is 10.4 Å². The standard InChI is InChI=1S/C16H18N4O2S/c1-11-3-5-13(6-4-11)20-8-7-19(16(20)22)10-14(21)18-15-17-9-12(2)23-15/h3-6,9H,7-8,10H2,1-2H3,(H,17,18,21). The fourth-order valence-electron chi connectivity index (χ4n) is 2.44. The Labute approximate surface area is 138 Å². The van der Waals surface area contributed by atoms with Gasteiger partial charge in [0.2, 0.25) is 5.91 Å². The van der Waals surface area contributed by atoms with Gasteiger partial charge in [0.05, 0.1) is 0 Å². The summed E-state index contributed by atoms with van der Waals surface area (Å²) in [4.78, 5) is 32.9. The highest BCUT2D eigenvalue weighted by Crippen LogP contribution is 2.21. The summed E-state index contributed by atoms with van der Waals surface area (Å²) in [5.41, 5.74) is 2.01. The number of urea groups is 1. The maximum absolute atomic E-state index is 12.4. The van der Waals surface area contributed by atoms with Crippen molar-refractivity contribution in [3.8, 4) is 0 Å². The van der Waals surface area contributed by atoms with Gasteiger partial charge in [-0.1, -0.05) is 17.7 Å². The van der Waals surface area contributed by atoms with Gasteiger partial charge in [0.1, 0.15) is 6.54 Å². The molecule has 0 bridgehead atoms. The van der Waals surface area contributed by atoms with Crippen LogP contribution >= 0.6 is 11.3 Å². The first-order chi connectivity index (χ1) is 11.0. The zero-order valence-corrected chi connectivity index (χ0v) is 13.9. The van der Waals surface area contributed by atoms with Crippen molar-refractivity contribution < 1.29 is 9.59 Å². The minimum atomic E-state index is -0.224. The van der Waals surface area contributed by atoms with Crippen molar-refractivity contribution >= 4 is 34.1 Å². The molecule has 1 saturated heterocycles. The van der Waals surface area contributed by atoms with Gasteiger partial charge < -0.3 is 10.2 Å². The van der Waals surface area contributed by atoms with Crippen molar-refractivity contribution in [1.82, 2.24) is 9.88 Å². The molecule has 0 atom stereocenters. The van der Waals surface area contributed by atoms with Gasteiger partial charge in [-0.2, -0.15) is 0 Å². The normalized spacial score (nSPS) is 14.4. The van der Waals surface area contributed by atoms with Crippen LogP contribution in [0.25, 0.3) is 0 Å². The number of aryl methyl sites for hydroxylation is 2. The third kappa shape index (κ3) is 3.50. The average molecular weight is 330 g/mol. The number of aromatic nitrogens is 1. The molecule has 0 aliphatic carbocycles. The van der Waals surface area contributed by atoms with Gasteiger partial charge in [-0.3, -0.25) is 9.69 Å². The lowest BCUT2D eigenvalue weighted by Crippen LogP contribution is -2.37. The number of hydrogen-bond donors (Lipinski definition) is 1. The molecule has 120 valence electrons. The summed E-state index contributed by atoms with van der Waals surface area (Å²) in [6.07, 6.45) is 1.71. The third-order valence-corrected chi connectivity index (χ3v) is 4.47. The molecule has 1 aliphatic heterocycles. The molecule has 3 amide bonds. The molecule has 0 spiro atoms. The van der Waals surface area contributed by atoms with E-state index in [1.165, 1.54) is 11.3 Å². The largest absolute Gasteiger partial charge is 0.325 e. The molecule has 0 radical (unpaired) electrons. The van der Waals surface area contributed by atoms with E-state index in [0.29, 0.717) is 18.2 Å². The van der Waals surface area contributed by atoms with E-state index in [1.807, 2.05) is 38.1 Å². The summed E-state index contributed by atoms with van der Waals surface area (Å²) in [5, 5.41) is 3.29. The minimum absolute atomic E-state index is 0.0415. The molecule has 0 unspecified atom stereocenters. The van der Waals surface area contributed by atoms with Crippen molar-refractivity contribution in [3.63, 3.8) is 0 Å². The number of thiazole rings is 1. The number of carbonyl (C=O) groups is 2. The number of carbonyl (C=O) groups excluding carboxylic acids is 2. The number of anilines is 2. The molecular formula is C16H18N4O2S. The molecule has 2 aromatic rings. The van der Waals surface area contributed by atoms with Gasteiger partial charge in [0, 0.05) is 29.9 Å². The monoisotopic (exact) mass is 330 g/mol. The second-order valence-corrected chi connectivity index (χ2v) is 6.75. The second-order valence-electron chi connectivity index (χ2n) is 5.52. The first-order valence-electron chi connectivity index (χ1n) is 7.38. The van der Waals surface area contributed by atoms with Crippen LogP contribution in [0.15, 0.2) is 30.5 Å². The van der Waals surface area contributed by atoms with Crippen molar-refractivity contribution in [2.45, 2.75) is 13.8 Å². The highest BCUT2D eigenvalue weighted by molar-refractivity contribution is 7.15. The molecule has 23 heavy (non-hydrogen) atoms. The predicted molar refractivity (Wildman–Crippen MR) is 91.0 cm³/mol. The quantitative estimate of drug-likeness (QED) is 0.937. The zero-order valence-electron chi connectivity index (χ0n) is 13.1. The number of nitrogens with one attached hydrogen (secondary N) is 1. The summed E-state index contributed by atoms with van der Waals surface area (Å²) < 4.78 is 0. The second kappa shape index (κ2) is 6.37. The molecule has 6 nitrogen and oxygen atoms in total. The van der Waals surface area contributed by atoms with E-state index in [2.05, 4.69) is 10.3 Å². The molecule has 1 fully saturated rings. The Morgan fingerprint density at radius 2 is 2.00 bits per heavy atom. The van der Waals surface area contributed by atoms with E-state index >= 15 is 0 Å². The number of rotatable bonds is 4. The van der Waals surface area contributed by atoms with Crippen molar-refractivity contribution in [2.75, 3.05) is 29.9 Å². The highest BCUT2D eigenvalue weighted by Gasteiger charge is 2.30. The zero-order chi connectivity index (χ0) is 16.4. The van der Waals surface area contributed by atoms with Gasteiger partial charge in [0.25, 0.3) is 0 Å². The van der Waals surface area contributed by atoms with Gasteiger partial charge >= 0.3 is 6.03 Å². The van der Waals surface area contributed by atoms with Crippen LogP contribution in [0.2, 0.25) is 0 Å². The van der Waals surface area contributed by atoms with Crippen LogP contribution < -0.4 is 10.2 Å². The van der Waals surface area contributed by atoms with E-state index in [-0.39, 0.29) is 18.5 Å². The Morgan fingerprint density at radius 1 is 1.26 bits per heavy atom. The van der Waals surface area contributed by atoms with E-state index in [9.17, 15) is 9.59 Å². The lowest BCUT2D eigenvalue weighted by atomic mass is 10.2. The SMILES string of the molecule is Cc1ccc(N2CCN(CC(=O)Nc3ncc(C)s3)C2=O)cc1. The number of benzene rings is 1. The van der Waals surface area contributed by atoms with Crippen LogP contribution in [0.3, 0.4) is 0 Å². The summed E-state index contributed by atoms with van der Waals surface area (Å²) in [6.45, 7) is 5.10. The van der Waals surface area contributed by atoms with Gasteiger partial charge in [-0.15, -0.1) is 11.3 Å². The smallest absolute Gasteiger partial charge is 0.313 e. The molecule has 1 aliphatic rings. The third-order valence-electron chi connectivity index (χ3n) is 3.64. The molecule has 0 saturated carbocycles. The van der Waals surface area contributed by atoms with Crippen LogP contribution in [0.4, 0.5) is 15.6 Å². The van der Waals surface area contributed by atoms with Crippen molar-refractivity contribution in [2.24, 2.45) is 0 Å². The first kappa shape index (κ1) is 15.5. The lowest BCUT2D eigenvalue weighted by molar-refractivity contribution is -0.116. The van der Waals surface area contributed by atoms with Crippen LogP contribution in [-0.4, -0.2) is 41.5 Å². The molecule has 1 N–H and O–H groups in total. The maximum atomic E-state index is 12.4. The predicted octanol–water partition coefficient (Wildman–Crippen LogP) is 2.64. The Bertz CT molecular complexity index is 726. The van der Waals surface area contributed by atoms with E-state index in [1.54, 1.807) is 16.0 Å². The molecule has 7 heteroatoms. The van der Waals surface area contributed by atoms with E-state index in [0.717, 1.165) is 16.1 Å². The Kier molecular flexibility index (Phi) is 4.29. The molecule has 1 aromatic heterocycles. The fourth-order valence-corrected chi connectivity index (χ4v) is 3.12. The van der Waals surface area contributed by atoms with Crippen LogP contribution in [-0.2, 0) is 4.79 Å². The fraction of sp³-hybridized carbons (Fsp3) is 0.312. The molecule has 1 aromatic carbocycles. The van der Waals surface area contributed by atoms with Crippen LogP contribution in [0.5, 0.6) is 0 Å². The number of nitrogens with zero attached hydrogens (tertiary/aromatic N) is 3. The minimum Gasteiger partial charge on any atom is -0.313 e. The highest BCUT2D eigenvalue weighted by atomic mass is 32.1. The molecular weight excluding hydrogens is 312 g/mol. The summed E-state index contributed by atoms with van der Waals surface area (Å²) in [6, 6.07) is 7.66. The van der Waals surface area contributed by atoms with Gasteiger partial charge in [0.15, 0.2) is 5.13 Å². The average Bonchev–Trinajstić information content (AvgIpc) is 3.07. The Hall–Kier alpha value is -2.41. The van der Waals surface area contributed by atoms with Crippen molar-refractivity contribution in [3.05, 3.63) is 40.9 Å². The Morgan fingerprint density at radius 3 is 2.65 bits per heavy atom. The number of hydrogen-bond acceptors (Lipinski definition) is 4. The van der Waals surface area contributed by atoms with Crippen LogP contribution in [0, 0.1) is 13.8 Å². The summed E-state index contributed by atoms with van der Waals surface area (Å²) in [7, 11) is 0. The Balaban J connectivity index is 1.60. The maximum Gasteiger partial charge on any atom is 0.325 e. The first-order valence-corrected chi connectivity index (χ1v) is 8.20. The molecule has 3 rings (SSSR count). The van der Waals surface area contributed by atoms with E-state index < -0.39 is 0 Å². The summed E-state index contributed by atoms with van der Waals surface area (Å²) in [5.74, 6) is -0.224. The van der Waals surface area contributed by atoms with Gasteiger partial charge in [-0.25, -0.2) is 9.78 Å². The summed E-state index contributed by atoms with van der Waals surface area (Å²) >= 11 is 1.42. The van der Waals surface area contributed by atoms with Crippen molar-refractivity contribution in [1.29, 1.82) is 0 Å². The van der Waals surface area contributed by atoms with E-state index in [4.69, 9.17) is 0 Å². The molecule has 2 heterocycles. The number of amides is 3. The topological polar surface area (TPSA) is 65.5 Å². The lowest BCUT2D eigenvalue weighted by Gasteiger charge is -2.18.